The molecule has 0 saturated heterocycles. The first-order valence-corrected chi connectivity index (χ1v) is 8.44. The van der Waals surface area contributed by atoms with E-state index in [1.54, 1.807) is 0 Å². The number of hydrogen-bond acceptors (Lipinski definition) is 1. The number of benzene rings is 2. The summed E-state index contributed by atoms with van der Waals surface area (Å²) < 4.78 is 0. The Kier molecular flexibility index (Phi) is 6.67. The van der Waals surface area contributed by atoms with Crippen LogP contribution in [0.5, 0.6) is 0 Å². The fourth-order valence-corrected chi connectivity index (χ4v) is 2.83. The van der Waals surface area contributed by atoms with Gasteiger partial charge in [-0.25, -0.2) is 0 Å². The monoisotopic (exact) mass is 295 g/mol. The molecular formula is C21H29N. The van der Waals surface area contributed by atoms with Crippen LogP contribution in [0, 0.1) is 5.92 Å². The van der Waals surface area contributed by atoms with Gasteiger partial charge in [-0.15, -0.1) is 0 Å². The summed E-state index contributed by atoms with van der Waals surface area (Å²) in [4.78, 5) is 2.43. The molecule has 0 fully saturated rings. The molecule has 0 aliphatic heterocycles. The van der Waals surface area contributed by atoms with E-state index in [2.05, 4.69) is 80.4 Å². The molecule has 0 aliphatic carbocycles. The van der Waals surface area contributed by atoms with E-state index in [1.807, 2.05) is 0 Å². The summed E-state index contributed by atoms with van der Waals surface area (Å²) in [5, 5.41) is 0. The van der Waals surface area contributed by atoms with Gasteiger partial charge in [0.2, 0.25) is 0 Å². The molecule has 118 valence electrons. The Hall–Kier alpha value is -1.60. The Morgan fingerprint density at radius 1 is 0.864 bits per heavy atom. The van der Waals surface area contributed by atoms with Crippen LogP contribution in [-0.2, 0) is 13.0 Å². The van der Waals surface area contributed by atoms with Gasteiger partial charge < -0.3 is 4.90 Å². The molecule has 22 heavy (non-hydrogen) atoms. The van der Waals surface area contributed by atoms with Crippen molar-refractivity contribution in [1.82, 2.24) is 4.90 Å². The molecule has 0 amide bonds. The highest BCUT2D eigenvalue weighted by Crippen LogP contribution is 2.13. The summed E-state index contributed by atoms with van der Waals surface area (Å²) in [5.74, 6) is 0.808. The van der Waals surface area contributed by atoms with Crippen LogP contribution in [0.2, 0.25) is 0 Å². The lowest BCUT2D eigenvalue weighted by atomic mass is 10.0. The van der Waals surface area contributed by atoms with Gasteiger partial charge in [0, 0.05) is 6.54 Å². The summed E-state index contributed by atoms with van der Waals surface area (Å²) in [6, 6.07) is 19.7. The first kappa shape index (κ1) is 16.8. The normalized spacial score (nSPS) is 11.3. The SMILES string of the molecule is CC(C)CCCN(C)Cc1cccc(Cc2ccccc2)c1. The zero-order valence-corrected chi connectivity index (χ0v) is 14.3. The van der Waals surface area contributed by atoms with Crippen molar-refractivity contribution in [2.24, 2.45) is 5.92 Å². The van der Waals surface area contributed by atoms with E-state index in [9.17, 15) is 0 Å². The molecule has 1 nitrogen and oxygen atoms in total. The van der Waals surface area contributed by atoms with Crippen molar-refractivity contribution in [3.63, 3.8) is 0 Å². The molecule has 0 saturated carbocycles. The van der Waals surface area contributed by atoms with Gasteiger partial charge in [0.25, 0.3) is 0 Å². The van der Waals surface area contributed by atoms with Crippen molar-refractivity contribution in [3.05, 3.63) is 71.3 Å². The predicted molar refractivity (Wildman–Crippen MR) is 96.1 cm³/mol. The van der Waals surface area contributed by atoms with Gasteiger partial charge in [-0.05, 0) is 55.5 Å². The van der Waals surface area contributed by atoms with E-state index in [-0.39, 0.29) is 0 Å². The molecule has 0 N–H and O–H groups in total. The van der Waals surface area contributed by atoms with E-state index in [0.717, 1.165) is 18.9 Å². The summed E-state index contributed by atoms with van der Waals surface area (Å²) >= 11 is 0. The first-order valence-electron chi connectivity index (χ1n) is 8.44. The maximum absolute atomic E-state index is 2.43. The van der Waals surface area contributed by atoms with Crippen LogP contribution < -0.4 is 0 Å². The van der Waals surface area contributed by atoms with Gasteiger partial charge in [0.05, 0.1) is 0 Å². The van der Waals surface area contributed by atoms with Crippen molar-refractivity contribution >= 4 is 0 Å². The highest BCUT2D eigenvalue weighted by atomic mass is 15.1. The summed E-state index contributed by atoms with van der Waals surface area (Å²) in [7, 11) is 2.23. The maximum Gasteiger partial charge on any atom is 0.0230 e. The van der Waals surface area contributed by atoms with E-state index in [1.165, 1.54) is 36.1 Å². The quantitative estimate of drug-likeness (QED) is 0.651. The lowest BCUT2D eigenvalue weighted by molar-refractivity contribution is 0.310. The van der Waals surface area contributed by atoms with Gasteiger partial charge in [-0.3, -0.25) is 0 Å². The fourth-order valence-electron chi connectivity index (χ4n) is 2.83. The van der Waals surface area contributed by atoms with Crippen molar-refractivity contribution in [3.8, 4) is 0 Å². The second-order valence-corrected chi connectivity index (χ2v) is 6.76. The molecular weight excluding hydrogens is 266 g/mol. The zero-order chi connectivity index (χ0) is 15.8. The molecule has 2 aromatic rings. The van der Waals surface area contributed by atoms with E-state index in [4.69, 9.17) is 0 Å². The average molecular weight is 295 g/mol. The van der Waals surface area contributed by atoms with Crippen molar-refractivity contribution in [1.29, 1.82) is 0 Å². The minimum atomic E-state index is 0.808. The van der Waals surface area contributed by atoms with Crippen LogP contribution in [0.25, 0.3) is 0 Å². The van der Waals surface area contributed by atoms with Crippen LogP contribution in [0.4, 0.5) is 0 Å². The molecule has 0 aromatic heterocycles. The van der Waals surface area contributed by atoms with Crippen LogP contribution in [0.3, 0.4) is 0 Å². The smallest absolute Gasteiger partial charge is 0.0230 e. The van der Waals surface area contributed by atoms with Crippen molar-refractivity contribution in [2.45, 2.75) is 39.7 Å². The second-order valence-electron chi connectivity index (χ2n) is 6.76. The molecule has 0 unspecified atom stereocenters. The Morgan fingerprint density at radius 3 is 2.27 bits per heavy atom. The van der Waals surface area contributed by atoms with Gasteiger partial charge in [0.1, 0.15) is 0 Å². The highest BCUT2D eigenvalue weighted by Gasteiger charge is 2.03. The molecule has 1 heteroatoms. The number of rotatable bonds is 8. The first-order chi connectivity index (χ1) is 10.6. The lowest BCUT2D eigenvalue weighted by Gasteiger charge is -2.17. The predicted octanol–water partition coefficient (Wildman–Crippen LogP) is 5.15. The van der Waals surface area contributed by atoms with E-state index >= 15 is 0 Å². The third-order valence-corrected chi connectivity index (χ3v) is 4.02. The zero-order valence-electron chi connectivity index (χ0n) is 14.3. The van der Waals surface area contributed by atoms with Gasteiger partial charge in [-0.1, -0.05) is 68.4 Å². The second kappa shape index (κ2) is 8.75. The van der Waals surface area contributed by atoms with Crippen LogP contribution in [-0.4, -0.2) is 18.5 Å². The van der Waals surface area contributed by atoms with E-state index in [0.29, 0.717) is 0 Å². The van der Waals surface area contributed by atoms with E-state index < -0.39 is 0 Å². The number of nitrogens with zero attached hydrogens (tertiary/aromatic N) is 1. The van der Waals surface area contributed by atoms with Crippen molar-refractivity contribution < 1.29 is 0 Å². The molecule has 0 heterocycles. The standard InChI is InChI=1S/C21H29N/c1-18(2)9-8-14-22(3)17-21-13-7-12-20(16-21)15-19-10-5-4-6-11-19/h4-7,10-13,16,18H,8-9,14-15,17H2,1-3H3. The van der Waals surface area contributed by atoms with Gasteiger partial charge in [-0.2, -0.15) is 0 Å². The van der Waals surface area contributed by atoms with Crippen LogP contribution in [0.15, 0.2) is 54.6 Å². The highest BCUT2D eigenvalue weighted by molar-refractivity contribution is 5.29. The minimum absolute atomic E-state index is 0.808. The molecule has 0 bridgehead atoms. The van der Waals surface area contributed by atoms with Gasteiger partial charge >= 0.3 is 0 Å². The molecule has 2 rings (SSSR count). The Balaban J connectivity index is 1.88. The van der Waals surface area contributed by atoms with Crippen molar-refractivity contribution in [2.75, 3.05) is 13.6 Å². The minimum Gasteiger partial charge on any atom is -0.302 e. The summed E-state index contributed by atoms with van der Waals surface area (Å²) in [6.07, 6.45) is 3.63. The molecule has 0 aliphatic rings. The van der Waals surface area contributed by atoms with Gasteiger partial charge in [0.15, 0.2) is 0 Å². The molecule has 0 atom stereocenters. The average Bonchev–Trinajstić information content (AvgIpc) is 2.48. The summed E-state index contributed by atoms with van der Waals surface area (Å²) in [5.41, 5.74) is 4.20. The number of hydrogen-bond donors (Lipinski definition) is 0. The third-order valence-electron chi connectivity index (χ3n) is 4.02. The summed E-state index contributed by atoms with van der Waals surface area (Å²) in [6.45, 7) is 6.82. The lowest BCUT2D eigenvalue weighted by Crippen LogP contribution is -2.19. The molecule has 0 radical (unpaired) electrons. The maximum atomic E-state index is 2.43. The Morgan fingerprint density at radius 2 is 1.55 bits per heavy atom. The Labute approximate surface area is 136 Å². The topological polar surface area (TPSA) is 3.24 Å². The van der Waals surface area contributed by atoms with Crippen LogP contribution in [0.1, 0.15) is 43.4 Å². The third kappa shape index (κ3) is 6.03. The van der Waals surface area contributed by atoms with Crippen LogP contribution >= 0.6 is 0 Å². The Bertz CT molecular complexity index is 545. The molecule has 0 spiro atoms. The molecule has 2 aromatic carbocycles. The fraction of sp³-hybridized carbons (Fsp3) is 0.429. The largest absolute Gasteiger partial charge is 0.302 e.